The van der Waals surface area contributed by atoms with Crippen molar-refractivity contribution in [3.05, 3.63) is 0 Å². The van der Waals surface area contributed by atoms with Crippen LogP contribution in [0.1, 0.15) is 6.92 Å². The van der Waals surface area contributed by atoms with Gasteiger partial charge in [-0.05, 0) is 6.92 Å². The van der Waals surface area contributed by atoms with Crippen molar-refractivity contribution in [2.24, 2.45) is 0 Å². The smallest absolute Gasteiger partial charge is 0.264 e. The number of nitrogens with one attached hydrogen (secondary N) is 2. The van der Waals surface area contributed by atoms with Gasteiger partial charge in [-0.1, -0.05) is 0 Å². The Morgan fingerprint density at radius 3 is 2.50 bits per heavy atom. The lowest BCUT2D eigenvalue weighted by molar-refractivity contribution is -0.126. The first-order valence-corrected chi connectivity index (χ1v) is 2.45. The number of carbonyl (C=O) groups is 1. The van der Waals surface area contributed by atoms with Crippen LogP contribution in [-0.4, -0.2) is 23.2 Å². The van der Waals surface area contributed by atoms with E-state index in [4.69, 9.17) is 5.11 Å². The third kappa shape index (κ3) is 0.677. The van der Waals surface area contributed by atoms with E-state index >= 15 is 0 Å². The van der Waals surface area contributed by atoms with E-state index in [0.29, 0.717) is 0 Å². The van der Waals surface area contributed by atoms with Crippen LogP contribution in [0.25, 0.3) is 0 Å². The zero-order valence-electron chi connectivity index (χ0n) is 4.51. The molecule has 0 aromatic heterocycles. The second-order valence-corrected chi connectivity index (χ2v) is 1.87. The van der Waals surface area contributed by atoms with Gasteiger partial charge in [0.1, 0.15) is 0 Å². The molecule has 1 aliphatic heterocycles. The fourth-order valence-electron chi connectivity index (χ4n) is 0.565. The minimum Gasteiger partial charge on any atom is -0.381 e. The summed E-state index contributed by atoms with van der Waals surface area (Å²) in [6.07, 6.45) is -0.880. The molecule has 4 nitrogen and oxygen atoms in total. The fraction of sp³-hybridized carbons (Fsp3) is 0.750. The number of hydrogen-bond donors (Lipinski definition) is 3. The summed E-state index contributed by atoms with van der Waals surface area (Å²) in [6.45, 7) is 1.72. The van der Waals surface area contributed by atoms with Gasteiger partial charge >= 0.3 is 0 Å². The molecule has 1 amide bonds. The Labute approximate surface area is 46.9 Å². The predicted molar refractivity (Wildman–Crippen MR) is 26.7 cm³/mol. The van der Waals surface area contributed by atoms with Crippen LogP contribution in [0.5, 0.6) is 0 Å². The molecule has 1 rings (SSSR count). The van der Waals surface area contributed by atoms with Gasteiger partial charge in [0.25, 0.3) is 5.91 Å². The zero-order valence-corrected chi connectivity index (χ0v) is 4.51. The average Bonchev–Trinajstić information content (AvgIpc) is 1.98. The number of aliphatic hydroxyl groups is 1. The van der Waals surface area contributed by atoms with Crippen LogP contribution >= 0.6 is 0 Å². The Bertz CT molecular complexity index is 115. The molecule has 1 aliphatic rings. The second kappa shape index (κ2) is 1.72. The van der Waals surface area contributed by atoms with Gasteiger partial charge in [-0.3, -0.25) is 10.2 Å². The first kappa shape index (κ1) is 5.53. The molecule has 2 atom stereocenters. The van der Waals surface area contributed by atoms with Gasteiger partial charge < -0.3 is 5.11 Å². The molecular formula is C4H8N2O2. The highest BCUT2D eigenvalue weighted by Crippen LogP contribution is 1.95. The molecule has 3 N–H and O–H groups in total. The van der Waals surface area contributed by atoms with E-state index in [1.807, 2.05) is 0 Å². The van der Waals surface area contributed by atoms with E-state index in [-0.39, 0.29) is 11.9 Å². The summed E-state index contributed by atoms with van der Waals surface area (Å²) in [6, 6.07) is -0.164. The third-order valence-corrected chi connectivity index (χ3v) is 1.17. The Morgan fingerprint density at radius 1 is 1.75 bits per heavy atom. The molecule has 4 heteroatoms. The molecule has 0 aromatic carbocycles. The maximum atomic E-state index is 10.4. The van der Waals surface area contributed by atoms with Crippen molar-refractivity contribution in [2.75, 3.05) is 0 Å². The van der Waals surface area contributed by atoms with Crippen LogP contribution < -0.4 is 10.9 Å². The maximum absolute atomic E-state index is 10.4. The lowest BCUT2D eigenvalue weighted by Gasteiger charge is -2.00. The van der Waals surface area contributed by atoms with E-state index in [2.05, 4.69) is 10.9 Å². The number of carbonyl (C=O) groups excluding carboxylic acids is 1. The Morgan fingerprint density at radius 2 is 2.38 bits per heavy atom. The topological polar surface area (TPSA) is 61.4 Å². The summed E-state index contributed by atoms with van der Waals surface area (Å²) in [5.41, 5.74) is 4.85. The van der Waals surface area contributed by atoms with Gasteiger partial charge in [-0.15, -0.1) is 0 Å². The highest BCUT2D eigenvalue weighted by atomic mass is 16.3. The zero-order chi connectivity index (χ0) is 6.15. The van der Waals surface area contributed by atoms with E-state index in [1.165, 1.54) is 0 Å². The molecule has 1 fully saturated rings. The molecule has 46 valence electrons. The van der Waals surface area contributed by atoms with E-state index in [0.717, 1.165) is 0 Å². The van der Waals surface area contributed by atoms with Gasteiger partial charge in [-0.2, -0.15) is 0 Å². The minimum atomic E-state index is -0.880. The van der Waals surface area contributed by atoms with Crippen LogP contribution in [0.2, 0.25) is 0 Å². The molecule has 1 saturated heterocycles. The quantitative estimate of drug-likeness (QED) is 0.356. The molecule has 0 spiro atoms. The van der Waals surface area contributed by atoms with Gasteiger partial charge in [0.15, 0.2) is 6.10 Å². The molecule has 1 heterocycles. The lowest BCUT2D eigenvalue weighted by Crippen LogP contribution is -2.30. The largest absolute Gasteiger partial charge is 0.381 e. The summed E-state index contributed by atoms with van der Waals surface area (Å²) < 4.78 is 0. The first-order chi connectivity index (χ1) is 3.72. The van der Waals surface area contributed by atoms with Crippen LogP contribution in [0.15, 0.2) is 0 Å². The highest BCUT2D eigenvalue weighted by Gasteiger charge is 2.28. The minimum absolute atomic E-state index is 0.164. The van der Waals surface area contributed by atoms with Crippen LogP contribution in [-0.2, 0) is 4.79 Å². The SMILES string of the molecule is CC1NNC(=O)C1O. The van der Waals surface area contributed by atoms with Gasteiger partial charge in [0.05, 0.1) is 6.04 Å². The molecule has 2 unspecified atom stereocenters. The van der Waals surface area contributed by atoms with Crippen molar-refractivity contribution in [3.8, 4) is 0 Å². The van der Waals surface area contributed by atoms with E-state index in [9.17, 15) is 4.79 Å². The van der Waals surface area contributed by atoms with Crippen molar-refractivity contribution in [1.29, 1.82) is 0 Å². The Hall–Kier alpha value is -0.610. The number of aliphatic hydroxyl groups excluding tert-OH is 1. The van der Waals surface area contributed by atoms with Gasteiger partial charge in [0, 0.05) is 0 Å². The normalized spacial score (nSPS) is 37.5. The average molecular weight is 116 g/mol. The Balaban J connectivity index is 2.56. The van der Waals surface area contributed by atoms with Crippen molar-refractivity contribution in [2.45, 2.75) is 19.1 Å². The van der Waals surface area contributed by atoms with Crippen LogP contribution in [0.3, 0.4) is 0 Å². The number of hydrogen-bond acceptors (Lipinski definition) is 3. The monoisotopic (exact) mass is 116 g/mol. The second-order valence-electron chi connectivity index (χ2n) is 1.87. The fourth-order valence-corrected chi connectivity index (χ4v) is 0.565. The molecule has 0 bridgehead atoms. The van der Waals surface area contributed by atoms with Crippen molar-refractivity contribution in [3.63, 3.8) is 0 Å². The van der Waals surface area contributed by atoms with Gasteiger partial charge in [-0.25, -0.2) is 5.43 Å². The maximum Gasteiger partial charge on any atom is 0.264 e. The number of amides is 1. The molecule has 0 radical (unpaired) electrons. The highest BCUT2D eigenvalue weighted by molar-refractivity contribution is 5.82. The standard InChI is InChI=1S/C4H8N2O2/c1-2-3(7)4(8)6-5-2/h2-3,5,7H,1H3,(H,6,8). The van der Waals surface area contributed by atoms with Crippen molar-refractivity contribution >= 4 is 5.91 Å². The van der Waals surface area contributed by atoms with E-state index < -0.39 is 6.10 Å². The first-order valence-electron chi connectivity index (χ1n) is 2.45. The van der Waals surface area contributed by atoms with Crippen LogP contribution in [0, 0.1) is 0 Å². The molecular weight excluding hydrogens is 108 g/mol. The lowest BCUT2D eigenvalue weighted by atomic mass is 10.2. The third-order valence-electron chi connectivity index (χ3n) is 1.17. The summed E-state index contributed by atoms with van der Waals surface area (Å²) in [5.74, 6) is -0.350. The Kier molecular flexibility index (Phi) is 1.19. The van der Waals surface area contributed by atoms with Crippen LogP contribution in [0.4, 0.5) is 0 Å². The summed E-state index contributed by atoms with van der Waals surface area (Å²) in [7, 11) is 0. The van der Waals surface area contributed by atoms with Gasteiger partial charge in [0.2, 0.25) is 0 Å². The summed E-state index contributed by atoms with van der Waals surface area (Å²) >= 11 is 0. The summed E-state index contributed by atoms with van der Waals surface area (Å²) in [5, 5.41) is 8.79. The van der Waals surface area contributed by atoms with Crippen molar-refractivity contribution < 1.29 is 9.90 Å². The van der Waals surface area contributed by atoms with E-state index in [1.54, 1.807) is 6.92 Å². The number of rotatable bonds is 0. The molecule has 0 saturated carbocycles. The summed E-state index contributed by atoms with van der Waals surface area (Å²) in [4.78, 5) is 10.4. The van der Waals surface area contributed by atoms with Crippen molar-refractivity contribution in [1.82, 2.24) is 10.9 Å². The predicted octanol–water partition coefficient (Wildman–Crippen LogP) is -1.63. The number of hydrazine groups is 1. The molecule has 0 aliphatic carbocycles. The molecule has 0 aromatic rings. The molecule has 8 heavy (non-hydrogen) atoms.